The Morgan fingerprint density at radius 2 is 2.28 bits per heavy atom. The molecule has 0 aromatic heterocycles. The summed E-state index contributed by atoms with van der Waals surface area (Å²) in [5, 5.41) is 7.25. The second kappa shape index (κ2) is 7.17. The van der Waals surface area contributed by atoms with Crippen molar-refractivity contribution in [3.8, 4) is 0 Å². The average molecular weight is 264 g/mol. The summed E-state index contributed by atoms with van der Waals surface area (Å²) < 4.78 is 0. The summed E-state index contributed by atoms with van der Waals surface area (Å²) >= 11 is 1.93. The van der Waals surface area contributed by atoms with Crippen molar-refractivity contribution in [3.63, 3.8) is 0 Å². The first-order chi connectivity index (χ1) is 8.81. The van der Waals surface area contributed by atoms with E-state index in [1.807, 2.05) is 11.8 Å². The topological polar surface area (TPSA) is 24.1 Å². The van der Waals surface area contributed by atoms with Crippen LogP contribution in [0.5, 0.6) is 0 Å². The Labute approximate surface area is 115 Å². The minimum atomic E-state index is 0.514. The zero-order valence-electron chi connectivity index (χ0n) is 11.4. The van der Waals surface area contributed by atoms with Crippen LogP contribution in [0.25, 0.3) is 0 Å². The monoisotopic (exact) mass is 264 g/mol. The second-order valence-corrected chi connectivity index (χ2v) is 6.10. The Balaban J connectivity index is 1.99. The normalized spacial score (nSPS) is 21.1. The van der Waals surface area contributed by atoms with E-state index in [0.29, 0.717) is 6.04 Å². The summed E-state index contributed by atoms with van der Waals surface area (Å²) in [5.41, 5.74) is 2.93. The molecule has 2 nitrogen and oxygen atoms in total. The van der Waals surface area contributed by atoms with Crippen LogP contribution in [0.2, 0.25) is 0 Å². The molecule has 18 heavy (non-hydrogen) atoms. The van der Waals surface area contributed by atoms with Crippen LogP contribution in [0.3, 0.4) is 0 Å². The van der Waals surface area contributed by atoms with Gasteiger partial charge in [0.05, 0.1) is 0 Å². The zero-order chi connectivity index (χ0) is 12.8. The SMILES string of the molecule is CSCC(C)CNC1CCNCc2ccccc21. The van der Waals surface area contributed by atoms with Crippen LogP contribution < -0.4 is 10.6 Å². The van der Waals surface area contributed by atoms with Gasteiger partial charge in [-0.2, -0.15) is 11.8 Å². The van der Waals surface area contributed by atoms with Gasteiger partial charge in [0.15, 0.2) is 0 Å². The molecule has 1 aliphatic rings. The fraction of sp³-hybridized carbons (Fsp3) is 0.600. The molecule has 3 heteroatoms. The molecule has 1 aromatic rings. The molecule has 0 spiro atoms. The van der Waals surface area contributed by atoms with Gasteiger partial charge in [-0.3, -0.25) is 0 Å². The summed E-state index contributed by atoms with van der Waals surface area (Å²) in [6.07, 6.45) is 3.37. The molecule has 0 amide bonds. The molecule has 2 unspecified atom stereocenters. The smallest absolute Gasteiger partial charge is 0.0335 e. The van der Waals surface area contributed by atoms with Crippen molar-refractivity contribution in [3.05, 3.63) is 35.4 Å². The largest absolute Gasteiger partial charge is 0.313 e. The average Bonchev–Trinajstić information content (AvgIpc) is 2.59. The number of fused-ring (bicyclic) bond motifs is 1. The van der Waals surface area contributed by atoms with E-state index in [4.69, 9.17) is 0 Å². The minimum Gasteiger partial charge on any atom is -0.313 e. The third kappa shape index (κ3) is 3.74. The Morgan fingerprint density at radius 1 is 1.44 bits per heavy atom. The van der Waals surface area contributed by atoms with Crippen molar-refractivity contribution >= 4 is 11.8 Å². The van der Waals surface area contributed by atoms with E-state index < -0.39 is 0 Å². The van der Waals surface area contributed by atoms with Crippen molar-refractivity contribution in [2.45, 2.75) is 25.9 Å². The van der Waals surface area contributed by atoms with Crippen LogP contribution >= 0.6 is 11.8 Å². The number of hydrogen-bond donors (Lipinski definition) is 2. The third-order valence-electron chi connectivity index (χ3n) is 3.52. The molecule has 1 aliphatic heterocycles. The van der Waals surface area contributed by atoms with E-state index in [-0.39, 0.29) is 0 Å². The van der Waals surface area contributed by atoms with Gasteiger partial charge in [-0.15, -0.1) is 0 Å². The van der Waals surface area contributed by atoms with Gasteiger partial charge in [0.2, 0.25) is 0 Å². The quantitative estimate of drug-likeness (QED) is 0.855. The van der Waals surface area contributed by atoms with Gasteiger partial charge in [0.25, 0.3) is 0 Å². The molecule has 2 rings (SSSR count). The lowest BCUT2D eigenvalue weighted by molar-refractivity contribution is 0.455. The molecule has 0 saturated carbocycles. The first-order valence-corrected chi connectivity index (χ1v) is 8.21. The molecule has 2 atom stereocenters. The second-order valence-electron chi connectivity index (χ2n) is 5.19. The van der Waals surface area contributed by atoms with Crippen LogP contribution in [-0.2, 0) is 6.54 Å². The fourth-order valence-corrected chi connectivity index (χ4v) is 3.25. The molecule has 1 aromatic carbocycles. The number of thioether (sulfide) groups is 1. The highest BCUT2D eigenvalue weighted by Gasteiger charge is 2.17. The standard InChI is InChI=1S/C15H24N2S/c1-12(11-18-2)9-17-15-7-8-16-10-13-5-3-4-6-14(13)15/h3-6,12,15-17H,7-11H2,1-2H3. The zero-order valence-corrected chi connectivity index (χ0v) is 12.2. The lowest BCUT2D eigenvalue weighted by Gasteiger charge is -2.21. The Hall–Kier alpha value is -0.510. The highest BCUT2D eigenvalue weighted by atomic mass is 32.2. The van der Waals surface area contributed by atoms with E-state index in [1.54, 1.807) is 0 Å². The first kappa shape index (κ1) is 13.9. The van der Waals surface area contributed by atoms with Gasteiger partial charge < -0.3 is 10.6 Å². The Kier molecular flexibility index (Phi) is 5.54. The maximum atomic E-state index is 3.75. The van der Waals surface area contributed by atoms with Crippen LogP contribution in [0.4, 0.5) is 0 Å². The van der Waals surface area contributed by atoms with E-state index in [9.17, 15) is 0 Å². The van der Waals surface area contributed by atoms with Crippen LogP contribution in [0.15, 0.2) is 24.3 Å². The number of hydrogen-bond acceptors (Lipinski definition) is 3. The number of benzene rings is 1. The van der Waals surface area contributed by atoms with Gasteiger partial charge in [0.1, 0.15) is 0 Å². The molecule has 0 saturated heterocycles. The van der Waals surface area contributed by atoms with Gasteiger partial charge in [-0.1, -0.05) is 31.2 Å². The van der Waals surface area contributed by atoms with Crippen molar-refractivity contribution in [2.24, 2.45) is 5.92 Å². The fourth-order valence-electron chi connectivity index (χ4n) is 2.56. The number of rotatable bonds is 5. The van der Waals surface area contributed by atoms with Crippen LogP contribution in [-0.4, -0.2) is 25.1 Å². The van der Waals surface area contributed by atoms with Crippen molar-refractivity contribution in [1.29, 1.82) is 0 Å². The van der Waals surface area contributed by atoms with Crippen LogP contribution in [0.1, 0.15) is 30.5 Å². The van der Waals surface area contributed by atoms with E-state index >= 15 is 0 Å². The molecular formula is C15H24N2S. The summed E-state index contributed by atoms with van der Waals surface area (Å²) in [4.78, 5) is 0. The molecular weight excluding hydrogens is 240 g/mol. The molecule has 0 radical (unpaired) electrons. The predicted molar refractivity (Wildman–Crippen MR) is 81.1 cm³/mol. The third-order valence-corrected chi connectivity index (χ3v) is 4.42. The lowest BCUT2D eigenvalue weighted by atomic mass is 9.99. The molecule has 2 N–H and O–H groups in total. The maximum absolute atomic E-state index is 3.75. The van der Waals surface area contributed by atoms with Gasteiger partial charge in [0, 0.05) is 12.6 Å². The van der Waals surface area contributed by atoms with Crippen molar-refractivity contribution in [1.82, 2.24) is 10.6 Å². The molecule has 1 heterocycles. The Bertz CT molecular complexity index is 367. The van der Waals surface area contributed by atoms with Gasteiger partial charge >= 0.3 is 0 Å². The summed E-state index contributed by atoms with van der Waals surface area (Å²) in [5.74, 6) is 1.97. The van der Waals surface area contributed by atoms with E-state index in [2.05, 4.69) is 48.1 Å². The summed E-state index contributed by atoms with van der Waals surface area (Å²) in [6.45, 7) is 5.54. The molecule has 100 valence electrons. The van der Waals surface area contributed by atoms with Crippen LogP contribution in [0, 0.1) is 5.92 Å². The first-order valence-electron chi connectivity index (χ1n) is 6.82. The van der Waals surface area contributed by atoms with Crippen molar-refractivity contribution in [2.75, 3.05) is 25.1 Å². The van der Waals surface area contributed by atoms with E-state index in [1.165, 1.54) is 23.3 Å². The maximum Gasteiger partial charge on any atom is 0.0335 e. The Morgan fingerprint density at radius 3 is 3.11 bits per heavy atom. The minimum absolute atomic E-state index is 0.514. The molecule has 0 aliphatic carbocycles. The summed E-state index contributed by atoms with van der Waals surface area (Å²) in [6, 6.07) is 9.33. The molecule has 0 bridgehead atoms. The lowest BCUT2D eigenvalue weighted by Crippen LogP contribution is -2.28. The number of nitrogens with one attached hydrogen (secondary N) is 2. The van der Waals surface area contributed by atoms with E-state index in [0.717, 1.165) is 25.6 Å². The summed E-state index contributed by atoms with van der Waals surface area (Å²) in [7, 11) is 0. The van der Waals surface area contributed by atoms with Gasteiger partial charge in [-0.25, -0.2) is 0 Å². The highest BCUT2D eigenvalue weighted by molar-refractivity contribution is 7.98. The van der Waals surface area contributed by atoms with Gasteiger partial charge in [-0.05, 0) is 48.6 Å². The predicted octanol–water partition coefficient (Wildman–Crippen LogP) is 2.81. The molecule has 0 fully saturated rings. The highest BCUT2D eigenvalue weighted by Crippen LogP contribution is 2.23. The van der Waals surface area contributed by atoms with Crippen molar-refractivity contribution < 1.29 is 0 Å².